The Morgan fingerprint density at radius 1 is 1.04 bits per heavy atom. The van der Waals surface area contributed by atoms with Crippen LogP contribution in [-0.4, -0.2) is 75.9 Å². The molecule has 1 fully saturated rings. The molecule has 48 heavy (non-hydrogen) atoms. The van der Waals surface area contributed by atoms with Crippen LogP contribution in [0.5, 0.6) is 0 Å². The lowest BCUT2D eigenvalue weighted by Gasteiger charge is -2.22. The summed E-state index contributed by atoms with van der Waals surface area (Å²) in [4.78, 5) is 28.6. The van der Waals surface area contributed by atoms with Gasteiger partial charge in [-0.1, -0.05) is 91.4 Å². The van der Waals surface area contributed by atoms with Gasteiger partial charge in [-0.3, -0.25) is 9.59 Å². The van der Waals surface area contributed by atoms with Crippen LogP contribution in [-0.2, 0) is 32.7 Å². The maximum Gasteiger partial charge on any atom is 0.303 e. The fourth-order valence-electron chi connectivity index (χ4n) is 6.61. The van der Waals surface area contributed by atoms with E-state index in [2.05, 4.69) is 42.2 Å². The van der Waals surface area contributed by atoms with Gasteiger partial charge in [0.25, 0.3) is 5.91 Å². The van der Waals surface area contributed by atoms with Gasteiger partial charge in [-0.2, -0.15) is 12.7 Å². The van der Waals surface area contributed by atoms with E-state index in [0.717, 1.165) is 57.7 Å². The number of fused-ring (bicyclic) bond motifs is 4. The molecule has 1 aromatic heterocycles. The SMILES string of the molecule is C/C=C1\C(=C/COC)C2CC2(C(=O)N(C)C)Cn2c1c(CCCCCCCC)c1ccc(C(=O)NS(=O)(=O)N(C)C)cc12.CC.CCC. The van der Waals surface area contributed by atoms with Crippen LogP contribution in [0.4, 0.5) is 0 Å². The summed E-state index contributed by atoms with van der Waals surface area (Å²) < 4.78 is 35.7. The summed E-state index contributed by atoms with van der Waals surface area (Å²) in [7, 11) is 4.09. The van der Waals surface area contributed by atoms with Crippen LogP contribution in [0.1, 0.15) is 115 Å². The van der Waals surface area contributed by atoms with Gasteiger partial charge in [-0.05, 0) is 55.0 Å². The van der Waals surface area contributed by atoms with Gasteiger partial charge in [-0.15, -0.1) is 0 Å². The number of methoxy groups -OCH3 is 1. The lowest BCUT2D eigenvalue weighted by Crippen LogP contribution is -2.39. The van der Waals surface area contributed by atoms with Crippen molar-refractivity contribution in [2.24, 2.45) is 11.3 Å². The highest BCUT2D eigenvalue weighted by atomic mass is 32.2. The highest BCUT2D eigenvalue weighted by Gasteiger charge is 2.63. The minimum atomic E-state index is -3.95. The molecule has 1 aliphatic carbocycles. The summed E-state index contributed by atoms with van der Waals surface area (Å²) in [5.74, 6) is -0.528. The van der Waals surface area contributed by atoms with E-state index in [1.165, 1.54) is 51.8 Å². The molecule has 1 aliphatic heterocycles. The molecule has 1 N–H and O–H groups in total. The Balaban J connectivity index is 0.00000151. The van der Waals surface area contributed by atoms with Crippen molar-refractivity contribution in [2.75, 3.05) is 41.9 Å². The van der Waals surface area contributed by atoms with E-state index < -0.39 is 21.5 Å². The highest BCUT2D eigenvalue weighted by Crippen LogP contribution is 2.63. The first kappa shape index (κ1) is 41.2. The van der Waals surface area contributed by atoms with Gasteiger partial charge >= 0.3 is 10.2 Å². The predicted molar refractivity (Wildman–Crippen MR) is 199 cm³/mol. The summed E-state index contributed by atoms with van der Waals surface area (Å²) >= 11 is 0. The largest absolute Gasteiger partial charge is 0.381 e. The highest BCUT2D eigenvalue weighted by molar-refractivity contribution is 7.87. The Bertz CT molecular complexity index is 1550. The number of hydrogen-bond acceptors (Lipinski definition) is 5. The number of ether oxygens (including phenoxy) is 1. The van der Waals surface area contributed by atoms with Crippen molar-refractivity contribution in [3.8, 4) is 0 Å². The Morgan fingerprint density at radius 2 is 1.67 bits per heavy atom. The number of allylic oxidation sites excluding steroid dienone is 3. The molecule has 0 spiro atoms. The molecule has 270 valence electrons. The molecule has 10 heteroatoms. The van der Waals surface area contributed by atoms with Gasteiger partial charge in [0, 0.05) is 64.2 Å². The van der Waals surface area contributed by atoms with E-state index >= 15 is 0 Å². The number of aryl methyl sites for hydroxylation is 1. The topological polar surface area (TPSA) is 101 Å². The zero-order valence-electron chi connectivity index (χ0n) is 31.5. The van der Waals surface area contributed by atoms with E-state index in [4.69, 9.17) is 4.74 Å². The van der Waals surface area contributed by atoms with Gasteiger partial charge in [0.2, 0.25) is 5.91 Å². The van der Waals surface area contributed by atoms with E-state index in [1.54, 1.807) is 38.2 Å². The Hall–Kier alpha value is -2.95. The summed E-state index contributed by atoms with van der Waals surface area (Å²) in [6, 6.07) is 5.43. The fourth-order valence-corrected chi connectivity index (χ4v) is 7.14. The number of nitrogens with one attached hydrogen (secondary N) is 1. The van der Waals surface area contributed by atoms with Crippen LogP contribution >= 0.6 is 0 Å². The van der Waals surface area contributed by atoms with E-state index in [9.17, 15) is 18.0 Å². The van der Waals surface area contributed by atoms with Crippen LogP contribution in [0.15, 0.2) is 35.9 Å². The van der Waals surface area contributed by atoms with Gasteiger partial charge in [0.1, 0.15) is 0 Å². The average molecular weight is 687 g/mol. The number of aromatic nitrogens is 1. The second-order valence-corrected chi connectivity index (χ2v) is 14.9. The van der Waals surface area contributed by atoms with E-state index in [-0.39, 0.29) is 17.4 Å². The molecule has 2 unspecified atom stereocenters. The first-order valence-corrected chi connectivity index (χ1v) is 19.3. The van der Waals surface area contributed by atoms with E-state index in [0.29, 0.717) is 13.2 Å². The molecule has 2 amide bonds. The zero-order valence-corrected chi connectivity index (χ0v) is 32.3. The average Bonchev–Trinajstić information content (AvgIpc) is 3.72. The monoisotopic (exact) mass is 686 g/mol. The van der Waals surface area contributed by atoms with Gasteiger partial charge in [0.05, 0.1) is 17.7 Å². The molecule has 0 bridgehead atoms. The molecular weight excluding hydrogens is 625 g/mol. The number of hydrogen-bond donors (Lipinski definition) is 1. The second-order valence-electron chi connectivity index (χ2n) is 13.0. The Kier molecular flexibility index (Phi) is 16.1. The zero-order chi connectivity index (χ0) is 36.2. The predicted octanol–water partition coefficient (Wildman–Crippen LogP) is 7.61. The van der Waals surface area contributed by atoms with Crippen molar-refractivity contribution in [3.63, 3.8) is 0 Å². The minimum Gasteiger partial charge on any atom is -0.381 e. The van der Waals surface area contributed by atoms with Crippen molar-refractivity contribution in [1.29, 1.82) is 0 Å². The van der Waals surface area contributed by atoms with Crippen molar-refractivity contribution in [2.45, 2.75) is 106 Å². The van der Waals surface area contributed by atoms with Gasteiger partial charge in [0.15, 0.2) is 0 Å². The third-order valence-electron chi connectivity index (χ3n) is 8.96. The second kappa shape index (κ2) is 18.7. The van der Waals surface area contributed by atoms with Gasteiger partial charge < -0.3 is 14.2 Å². The molecule has 2 aliphatic rings. The molecule has 4 rings (SSSR count). The number of carbonyl (C=O) groups is 2. The molecular formula is C38H62N4O5S. The standard InChI is InChI=1S/C33H48N4O5S.C3H8.C2H6/c1-8-10-11-12-13-14-15-27-26-17-16-23(31(38)34-43(40,41)36(5)6)20-29(26)37-22-33(32(39)35(3)4)21-28(33)25(18-19-42-7)24(9-2)30(27)37;1-3-2;1-2/h9,16-18,20,28H,8,10-15,19,21-22H2,1-7H3,(H,34,38);3H2,1-2H3;1-2H3/b24-9+,25-18+;;. The smallest absolute Gasteiger partial charge is 0.303 e. The third-order valence-corrected chi connectivity index (χ3v) is 10.4. The first-order valence-electron chi connectivity index (χ1n) is 17.8. The number of unbranched alkanes of at least 4 members (excludes halogenated alkanes) is 5. The summed E-state index contributed by atoms with van der Waals surface area (Å²) in [5.41, 5.74) is 5.04. The quantitative estimate of drug-likeness (QED) is 0.219. The third kappa shape index (κ3) is 9.18. The Morgan fingerprint density at radius 3 is 2.23 bits per heavy atom. The fraction of sp³-hybridized carbons (Fsp3) is 0.632. The van der Waals surface area contributed by atoms with Crippen LogP contribution in [0, 0.1) is 11.3 Å². The summed E-state index contributed by atoms with van der Waals surface area (Å²) in [5, 5.41) is 1.03. The maximum absolute atomic E-state index is 13.8. The number of nitrogens with zero attached hydrogens (tertiary/aromatic N) is 3. The van der Waals surface area contributed by atoms with Crippen molar-refractivity contribution >= 4 is 38.5 Å². The molecule has 2 aromatic rings. The van der Waals surface area contributed by atoms with Crippen LogP contribution in [0.3, 0.4) is 0 Å². The minimum absolute atomic E-state index is 0.0670. The van der Waals surface area contributed by atoms with E-state index in [1.807, 2.05) is 26.8 Å². The molecule has 1 saturated carbocycles. The normalized spacial score (nSPS) is 19.9. The molecule has 1 aromatic carbocycles. The van der Waals surface area contributed by atoms with Crippen LogP contribution in [0.2, 0.25) is 0 Å². The lowest BCUT2D eigenvalue weighted by molar-refractivity contribution is -0.135. The van der Waals surface area contributed by atoms with Gasteiger partial charge in [-0.25, -0.2) is 4.72 Å². The molecule has 0 radical (unpaired) electrons. The van der Waals surface area contributed by atoms with Crippen molar-refractivity contribution < 1.29 is 22.7 Å². The number of benzene rings is 1. The maximum atomic E-state index is 13.8. The first-order chi connectivity index (χ1) is 22.8. The lowest BCUT2D eigenvalue weighted by atomic mass is 9.90. The van der Waals surface area contributed by atoms with Crippen LogP contribution in [0.25, 0.3) is 16.5 Å². The number of carbonyl (C=O) groups excluding carboxylic acids is 2. The van der Waals surface area contributed by atoms with Crippen LogP contribution < -0.4 is 4.72 Å². The summed E-state index contributed by atoms with van der Waals surface area (Å²) in [6.07, 6.45) is 14.2. The molecule has 2 heterocycles. The molecule has 0 saturated heterocycles. The van der Waals surface area contributed by atoms with Crippen molar-refractivity contribution in [3.05, 3.63) is 52.7 Å². The number of amides is 2. The summed E-state index contributed by atoms with van der Waals surface area (Å²) in [6.45, 7) is 13.5. The molecule has 2 atom stereocenters. The van der Waals surface area contributed by atoms with Crippen molar-refractivity contribution in [1.82, 2.24) is 18.5 Å². The number of rotatable bonds is 13. The molecule has 9 nitrogen and oxygen atoms in total. The Labute approximate surface area is 291 Å².